The molecule has 23 heavy (non-hydrogen) atoms. The highest BCUT2D eigenvalue weighted by atomic mass is 79.9. The Kier molecular flexibility index (Phi) is 2.77. The van der Waals surface area contributed by atoms with E-state index in [4.69, 9.17) is 0 Å². The Bertz CT molecular complexity index is 1040. The van der Waals surface area contributed by atoms with Gasteiger partial charge < -0.3 is 4.57 Å². The molecule has 0 amide bonds. The van der Waals surface area contributed by atoms with Crippen LogP contribution < -0.4 is 0 Å². The monoisotopic (exact) mass is 359 g/mol. The number of fused-ring (bicyclic) bond motifs is 5. The van der Waals surface area contributed by atoms with Crippen LogP contribution in [-0.4, -0.2) is 4.57 Å². The Morgan fingerprint density at radius 1 is 0.826 bits per heavy atom. The lowest BCUT2D eigenvalue weighted by atomic mass is 10.0. The van der Waals surface area contributed by atoms with Gasteiger partial charge in [-0.2, -0.15) is 0 Å². The summed E-state index contributed by atoms with van der Waals surface area (Å²) in [6.45, 7) is 0. The van der Waals surface area contributed by atoms with Gasteiger partial charge in [-0.1, -0.05) is 58.4 Å². The molecule has 0 spiro atoms. The minimum absolute atomic E-state index is 0.980. The zero-order chi connectivity index (χ0) is 15.4. The summed E-state index contributed by atoms with van der Waals surface area (Å²) in [5.74, 6) is 0. The molecule has 0 saturated heterocycles. The summed E-state index contributed by atoms with van der Waals surface area (Å²) in [5, 5.41) is 1.34. The van der Waals surface area contributed by atoms with Gasteiger partial charge in [0.05, 0.1) is 5.52 Å². The van der Waals surface area contributed by atoms with Crippen molar-refractivity contribution >= 4 is 26.8 Å². The molecule has 3 aromatic carbocycles. The van der Waals surface area contributed by atoms with Crippen molar-refractivity contribution in [1.82, 2.24) is 4.57 Å². The van der Waals surface area contributed by atoms with Crippen molar-refractivity contribution in [3.05, 3.63) is 88.5 Å². The highest BCUT2D eigenvalue weighted by Crippen LogP contribution is 2.45. The first-order valence-electron chi connectivity index (χ1n) is 7.79. The summed E-state index contributed by atoms with van der Waals surface area (Å²) in [4.78, 5) is 0. The van der Waals surface area contributed by atoms with Crippen LogP contribution >= 0.6 is 15.9 Å². The second kappa shape index (κ2) is 4.84. The van der Waals surface area contributed by atoms with Crippen LogP contribution in [0.2, 0.25) is 0 Å². The third kappa shape index (κ3) is 1.85. The van der Waals surface area contributed by atoms with Gasteiger partial charge in [-0.25, -0.2) is 0 Å². The smallest absolute Gasteiger partial charge is 0.0538 e. The SMILES string of the molecule is Brc1ccc2c(c1)Cc1c-2c2ccccc2n1-c1ccccc1. The summed E-state index contributed by atoms with van der Waals surface area (Å²) >= 11 is 3.60. The minimum Gasteiger partial charge on any atom is -0.313 e. The van der Waals surface area contributed by atoms with Gasteiger partial charge in [0.2, 0.25) is 0 Å². The molecular weight excluding hydrogens is 346 g/mol. The molecule has 1 aliphatic carbocycles. The van der Waals surface area contributed by atoms with Crippen LogP contribution in [0.15, 0.2) is 77.3 Å². The summed E-state index contributed by atoms with van der Waals surface area (Å²) in [6.07, 6.45) is 0.980. The number of hydrogen-bond donors (Lipinski definition) is 0. The predicted molar refractivity (Wildman–Crippen MR) is 99.2 cm³/mol. The highest BCUT2D eigenvalue weighted by Gasteiger charge is 2.26. The maximum atomic E-state index is 3.60. The van der Waals surface area contributed by atoms with Crippen LogP contribution in [0.4, 0.5) is 0 Å². The van der Waals surface area contributed by atoms with Crippen LogP contribution in [0.5, 0.6) is 0 Å². The van der Waals surface area contributed by atoms with E-state index < -0.39 is 0 Å². The Morgan fingerprint density at radius 2 is 1.61 bits per heavy atom. The number of para-hydroxylation sites is 2. The molecule has 0 unspecified atom stereocenters. The third-order valence-corrected chi connectivity index (χ3v) is 5.17. The third-order valence-electron chi connectivity index (χ3n) is 4.68. The minimum atomic E-state index is 0.980. The van der Waals surface area contributed by atoms with E-state index in [9.17, 15) is 0 Å². The molecule has 1 nitrogen and oxygen atoms in total. The topological polar surface area (TPSA) is 4.93 Å². The van der Waals surface area contributed by atoms with E-state index >= 15 is 0 Å². The normalized spacial score (nSPS) is 12.4. The van der Waals surface area contributed by atoms with Crippen molar-refractivity contribution in [1.29, 1.82) is 0 Å². The summed E-state index contributed by atoms with van der Waals surface area (Å²) in [5.41, 5.74) is 8.08. The fourth-order valence-electron chi connectivity index (χ4n) is 3.77. The Hall–Kier alpha value is -2.32. The number of hydrogen-bond acceptors (Lipinski definition) is 0. The fourth-order valence-corrected chi connectivity index (χ4v) is 4.17. The lowest BCUT2D eigenvalue weighted by Gasteiger charge is -2.09. The van der Waals surface area contributed by atoms with Crippen molar-refractivity contribution in [2.45, 2.75) is 6.42 Å². The number of halogens is 1. The highest BCUT2D eigenvalue weighted by molar-refractivity contribution is 9.10. The molecule has 4 aromatic rings. The summed E-state index contributed by atoms with van der Waals surface area (Å²) < 4.78 is 3.57. The molecule has 0 bridgehead atoms. The molecule has 5 rings (SSSR count). The van der Waals surface area contributed by atoms with Gasteiger partial charge in [0.25, 0.3) is 0 Å². The first kappa shape index (κ1) is 13.1. The fraction of sp³-hybridized carbons (Fsp3) is 0.0476. The molecule has 0 aliphatic heterocycles. The van der Waals surface area contributed by atoms with Crippen molar-refractivity contribution in [3.63, 3.8) is 0 Å². The molecule has 0 fully saturated rings. The average molecular weight is 360 g/mol. The average Bonchev–Trinajstić information content (AvgIpc) is 3.09. The van der Waals surface area contributed by atoms with Crippen LogP contribution in [0.1, 0.15) is 11.3 Å². The Morgan fingerprint density at radius 3 is 2.48 bits per heavy atom. The van der Waals surface area contributed by atoms with Gasteiger partial charge in [0.1, 0.15) is 0 Å². The lowest BCUT2D eigenvalue weighted by molar-refractivity contribution is 1.01. The van der Waals surface area contributed by atoms with Crippen molar-refractivity contribution in [3.8, 4) is 16.8 Å². The molecule has 0 N–H and O–H groups in total. The van der Waals surface area contributed by atoms with Crippen LogP contribution in [0, 0.1) is 0 Å². The molecule has 0 radical (unpaired) electrons. The van der Waals surface area contributed by atoms with Gasteiger partial charge in [0, 0.05) is 33.2 Å². The van der Waals surface area contributed by atoms with E-state index in [1.54, 1.807) is 0 Å². The molecule has 1 aromatic heterocycles. The van der Waals surface area contributed by atoms with Crippen molar-refractivity contribution in [2.75, 3.05) is 0 Å². The number of nitrogens with zero attached hydrogens (tertiary/aromatic N) is 1. The van der Waals surface area contributed by atoms with E-state index in [2.05, 4.69) is 93.3 Å². The lowest BCUT2D eigenvalue weighted by Crippen LogP contribution is -1.98. The molecule has 1 aliphatic rings. The van der Waals surface area contributed by atoms with Gasteiger partial charge in [-0.15, -0.1) is 0 Å². The van der Waals surface area contributed by atoms with E-state index in [1.165, 1.54) is 39.0 Å². The van der Waals surface area contributed by atoms with E-state index in [-0.39, 0.29) is 0 Å². The second-order valence-electron chi connectivity index (χ2n) is 5.99. The molecule has 2 heteroatoms. The van der Waals surface area contributed by atoms with Crippen LogP contribution in [0.3, 0.4) is 0 Å². The van der Waals surface area contributed by atoms with Crippen LogP contribution in [0.25, 0.3) is 27.7 Å². The molecule has 1 heterocycles. The van der Waals surface area contributed by atoms with Crippen LogP contribution in [-0.2, 0) is 6.42 Å². The first-order valence-corrected chi connectivity index (χ1v) is 8.59. The summed E-state index contributed by atoms with van der Waals surface area (Å²) in [6, 6.07) is 26.0. The number of rotatable bonds is 1. The molecule has 0 atom stereocenters. The number of aromatic nitrogens is 1. The quantitative estimate of drug-likeness (QED) is 0.347. The van der Waals surface area contributed by atoms with E-state index in [0.29, 0.717) is 0 Å². The van der Waals surface area contributed by atoms with E-state index in [1.807, 2.05) is 0 Å². The summed E-state index contributed by atoms with van der Waals surface area (Å²) in [7, 11) is 0. The van der Waals surface area contributed by atoms with Crippen molar-refractivity contribution in [2.24, 2.45) is 0 Å². The van der Waals surface area contributed by atoms with Gasteiger partial charge >= 0.3 is 0 Å². The van der Waals surface area contributed by atoms with Gasteiger partial charge in [-0.3, -0.25) is 0 Å². The molecule has 110 valence electrons. The maximum absolute atomic E-state index is 3.60. The second-order valence-corrected chi connectivity index (χ2v) is 6.90. The number of benzene rings is 3. The Labute approximate surface area is 143 Å². The Balaban J connectivity index is 1.90. The molecule has 0 saturated carbocycles. The molecular formula is C21H14BrN. The largest absolute Gasteiger partial charge is 0.313 e. The first-order chi connectivity index (χ1) is 11.3. The van der Waals surface area contributed by atoms with Gasteiger partial charge in [-0.05, 0) is 41.5 Å². The predicted octanol–water partition coefficient (Wildman–Crippen LogP) is 5.96. The van der Waals surface area contributed by atoms with Gasteiger partial charge in [0.15, 0.2) is 0 Å². The van der Waals surface area contributed by atoms with Crippen molar-refractivity contribution < 1.29 is 0 Å². The zero-order valence-electron chi connectivity index (χ0n) is 12.5. The zero-order valence-corrected chi connectivity index (χ0v) is 14.0. The standard InChI is InChI=1S/C21H14BrN/c22-15-10-11-17-14(12-15)13-20-21(17)18-8-4-5-9-19(18)23(20)16-6-2-1-3-7-16/h1-12H,13H2. The van der Waals surface area contributed by atoms with E-state index in [0.717, 1.165) is 10.9 Å². The maximum Gasteiger partial charge on any atom is 0.0538 e.